The lowest BCUT2D eigenvalue weighted by Gasteiger charge is -2.29. The molecule has 1 fully saturated rings. The molecule has 0 bridgehead atoms. The van der Waals surface area contributed by atoms with E-state index in [9.17, 15) is 9.59 Å². The number of hydrogen-bond acceptors (Lipinski definition) is 2. The molecule has 2 rings (SSSR count). The van der Waals surface area contributed by atoms with Crippen LogP contribution >= 0.6 is 0 Å². The van der Waals surface area contributed by atoms with Crippen LogP contribution in [0, 0.1) is 11.3 Å². The number of carbonyl (C=O) groups is 2. The highest BCUT2D eigenvalue weighted by atomic mass is 16.2. The van der Waals surface area contributed by atoms with E-state index in [1.807, 2.05) is 51.1 Å². The van der Waals surface area contributed by atoms with Crippen LogP contribution in [-0.4, -0.2) is 16.7 Å². The SMILES string of the molecule is CCC[C@H]1C[C@@H](c2ccccc2)N(C(=O)C(C)(C)C)C1=O. The first kappa shape index (κ1) is 15.7. The van der Waals surface area contributed by atoms with Gasteiger partial charge >= 0.3 is 0 Å². The van der Waals surface area contributed by atoms with Crippen LogP contribution in [0.15, 0.2) is 30.3 Å². The average Bonchev–Trinajstić information content (AvgIpc) is 2.76. The van der Waals surface area contributed by atoms with Crippen molar-refractivity contribution in [3.05, 3.63) is 35.9 Å². The number of rotatable bonds is 3. The number of carbonyl (C=O) groups excluding carboxylic acids is 2. The van der Waals surface area contributed by atoms with Gasteiger partial charge in [0.25, 0.3) is 0 Å². The summed E-state index contributed by atoms with van der Waals surface area (Å²) in [6.45, 7) is 7.70. The molecule has 1 aromatic rings. The number of imide groups is 1. The second-order valence-electron chi connectivity index (χ2n) is 6.91. The van der Waals surface area contributed by atoms with Gasteiger partial charge in [0.15, 0.2) is 0 Å². The van der Waals surface area contributed by atoms with E-state index in [-0.39, 0.29) is 23.8 Å². The van der Waals surface area contributed by atoms with Crippen molar-refractivity contribution in [3.63, 3.8) is 0 Å². The molecule has 3 heteroatoms. The largest absolute Gasteiger partial charge is 0.274 e. The lowest BCUT2D eigenvalue weighted by atomic mass is 9.93. The van der Waals surface area contributed by atoms with E-state index in [0.29, 0.717) is 0 Å². The maximum absolute atomic E-state index is 12.7. The second kappa shape index (κ2) is 6.00. The van der Waals surface area contributed by atoms with Crippen LogP contribution in [0.25, 0.3) is 0 Å². The van der Waals surface area contributed by atoms with E-state index in [1.165, 1.54) is 4.90 Å². The maximum Gasteiger partial charge on any atom is 0.235 e. The van der Waals surface area contributed by atoms with E-state index in [2.05, 4.69) is 6.92 Å². The summed E-state index contributed by atoms with van der Waals surface area (Å²) in [6.07, 6.45) is 2.57. The molecule has 2 atom stereocenters. The molecule has 1 heterocycles. The normalized spacial score (nSPS) is 22.7. The zero-order valence-electron chi connectivity index (χ0n) is 13.4. The van der Waals surface area contributed by atoms with Crippen LogP contribution < -0.4 is 0 Å². The van der Waals surface area contributed by atoms with Crippen molar-refractivity contribution < 1.29 is 9.59 Å². The first-order chi connectivity index (χ1) is 9.86. The minimum Gasteiger partial charge on any atom is -0.274 e. The third kappa shape index (κ3) is 3.17. The molecule has 0 unspecified atom stereocenters. The molecule has 3 nitrogen and oxygen atoms in total. The van der Waals surface area contributed by atoms with Crippen molar-refractivity contribution in [2.45, 2.75) is 53.0 Å². The summed E-state index contributed by atoms with van der Waals surface area (Å²) < 4.78 is 0. The Bertz CT molecular complexity index is 516. The van der Waals surface area contributed by atoms with Crippen molar-refractivity contribution in [1.82, 2.24) is 4.90 Å². The summed E-state index contributed by atoms with van der Waals surface area (Å²) in [6, 6.07) is 9.80. The van der Waals surface area contributed by atoms with Gasteiger partial charge in [-0.25, -0.2) is 0 Å². The summed E-state index contributed by atoms with van der Waals surface area (Å²) in [5.41, 5.74) is 0.520. The van der Waals surface area contributed by atoms with Crippen molar-refractivity contribution in [3.8, 4) is 0 Å². The molecular weight excluding hydrogens is 262 g/mol. The maximum atomic E-state index is 12.7. The molecule has 0 spiro atoms. The van der Waals surface area contributed by atoms with Crippen LogP contribution in [0.3, 0.4) is 0 Å². The van der Waals surface area contributed by atoms with Gasteiger partial charge in [-0.1, -0.05) is 64.4 Å². The minimum atomic E-state index is -0.538. The van der Waals surface area contributed by atoms with Crippen molar-refractivity contribution in [2.24, 2.45) is 11.3 Å². The highest BCUT2D eigenvalue weighted by Gasteiger charge is 2.45. The molecule has 2 amide bonds. The number of likely N-dealkylation sites (tertiary alicyclic amines) is 1. The van der Waals surface area contributed by atoms with Gasteiger partial charge in [-0.15, -0.1) is 0 Å². The Kier molecular flexibility index (Phi) is 4.50. The Balaban J connectivity index is 2.36. The molecular formula is C18H25NO2. The first-order valence-electron chi connectivity index (χ1n) is 7.78. The van der Waals surface area contributed by atoms with E-state index in [4.69, 9.17) is 0 Å². The second-order valence-corrected chi connectivity index (χ2v) is 6.91. The van der Waals surface area contributed by atoms with E-state index in [0.717, 1.165) is 24.8 Å². The van der Waals surface area contributed by atoms with Gasteiger partial charge in [0, 0.05) is 11.3 Å². The molecule has 1 aliphatic heterocycles. The smallest absolute Gasteiger partial charge is 0.235 e. The van der Waals surface area contributed by atoms with Crippen LogP contribution in [0.4, 0.5) is 0 Å². The third-order valence-corrected chi connectivity index (χ3v) is 4.09. The number of benzene rings is 1. The van der Waals surface area contributed by atoms with Crippen molar-refractivity contribution >= 4 is 11.8 Å². The zero-order chi connectivity index (χ0) is 15.6. The van der Waals surface area contributed by atoms with Gasteiger partial charge in [0.2, 0.25) is 11.8 Å². The molecule has 0 aromatic heterocycles. The van der Waals surface area contributed by atoms with E-state index >= 15 is 0 Å². The van der Waals surface area contributed by atoms with Gasteiger partial charge in [-0.2, -0.15) is 0 Å². The van der Waals surface area contributed by atoms with Crippen molar-refractivity contribution in [2.75, 3.05) is 0 Å². The van der Waals surface area contributed by atoms with Crippen LogP contribution in [0.1, 0.15) is 58.6 Å². The lowest BCUT2D eigenvalue weighted by Crippen LogP contribution is -2.42. The Labute approximate surface area is 127 Å². The monoisotopic (exact) mass is 287 g/mol. The average molecular weight is 287 g/mol. The first-order valence-corrected chi connectivity index (χ1v) is 7.78. The molecule has 0 N–H and O–H groups in total. The summed E-state index contributed by atoms with van der Waals surface area (Å²) in [4.78, 5) is 26.9. The molecule has 0 aliphatic carbocycles. The fourth-order valence-electron chi connectivity index (χ4n) is 2.98. The van der Waals surface area contributed by atoms with E-state index in [1.54, 1.807) is 0 Å². The van der Waals surface area contributed by atoms with Crippen LogP contribution in [-0.2, 0) is 9.59 Å². The fourth-order valence-corrected chi connectivity index (χ4v) is 2.98. The molecule has 0 radical (unpaired) electrons. The topological polar surface area (TPSA) is 37.4 Å². The summed E-state index contributed by atoms with van der Waals surface area (Å²) in [7, 11) is 0. The number of amides is 2. The predicted octanol–water partition coefficient (Wildman–Crippen LogP) is 3.95. The molecule has 1 aromatic carbocycles. The summed E-state index contributed by atoms with van der Waals surface area (Å²) >= 11 is 0. The predicted molar refractivity (Wildman–Crippen MR) is 83.5 cm³/mol. The molecule has 1 saturated heterocycles. The van der Waals surface area contributed by atoms with Gasteiger partial charge in [0.05, 0.1) is 6.04 Å². The quantitative estimate of drug-likeness (QED) is 0.844. The summed E-state index contributed by atoms with van der Waals surface area (Å²) in [5.74, 6) is -0.0860. The van der Waals surface area contributed by atoms with Gasteiger partial charge < -0.3 is 0 Å². The molecule has 114 valence electrons. The minimum absolute atomic E-state index is 0.00521. The van der Waals surface area contributed by atoms with Crippen LogP contribution in [0.2, 0.25) is 0 Å². The molecule has 1 aliphatic rings. The standard InChI is InChI=1S/C18H25NO2/c1-5-9-14-12-15(13-10-7-6-8-11-13)19(16(14)20)17(21)18(2,3)4/h6-8,10-11,14-15H,5,9,12H2,1-4H3/t14-,15-/m0/s1. The Hall–Kier alpha value is -1.64. The third-order valence-electron chi connectivity index (χ3n) is 4.09. The molecule has 21 heavy (non-hydrogen) atoms. The fraction of sp³-hybridized carbons (Fsp3) is 0.556. The Morgan fingerprint density at radius 1 is 1.24 bits per heavy atom. The molecule has 0 saturated carbocycles. The Morgan fingerprint density at radius 3 is 2.38 bits per heavy atom. The highest BCUT2D eigenvalue weighted by Crippen LogP contribution is 2.40. The highest BCUT2D eigenvalue weighted by molar-refractivity contribution is 6.00. The Morgan fingerprint density at radius 2 is 1.86 bits per heavy atom. The number of hydrogen-bond donors (Lipinski definition) is 0. The van der Waals surface area contributed by atoms with Crippen LogP contribution in [0.5, 0.6) is 0 Å². The van der Waals surface area contributed by atoms with Crippen molar-refractivity contribution in [1.29, 1.82) is 0 Å². The number of nitrogens with zero attached hydrogens (tertiary/aromatic N) is 1. The lowest BCUT2D eigenvalue weighted by molar-refractivity contribution is -0.150. The van der Waals surface area contributed by atoms with Gasteiger partial charge in [0.1, 0.15) is 0 Å². The summed E-state index contributed by atoms with van der Waals surface area (Å²) in [5, 5.41) is 0. The van der Waals surface area contributed by atoms with Gasteiger partial charge in [-0.3, -0.25) is 14.5 Å². The van der Waals surface area contributed by atoms with Gasteiger partial charge in [-0.05, 0) is 18.4 Å². The van der Waals surface area contributed by atoms with E-state index < -0.39 is 5.41 Å². The zero-order valence-corrected chi connectivity index (χ0v) is 13.4.